The van der Waals surface area contributed by atoms with Crippen molar-refractivity contribution >= 4 is 43.9 Å². The molecule has 0 aliphatic rings. The molecule has 0 saturated heterocycles. The molecule has 6 aromatic carbocycles. The minimum atomic E-state index is 1.17. The highest BCUT2D eigenvalue weighted by Gasteiger charge is 2.22. The van der Waals surface area contributed by atoms with Gasteiger partial charge in [-0.15, -0.1) is 11.3 Å². The molecule has 0 N–H and O–H groups in total. The van der Waals surface area contributed by atoms with Crippen LogP contribution in [0.5, 0.6) is 0 Å². The van der Waals surface area contributed by atoms with E-state index >= 15 is 0 Å². The minimum absolute atomic E-state index is 1.17. The van der Waals surface area contributed by atoms with Gasteiger partial charge in [0.2, 0.25) is 0 Å². The highest BCUT2D eigenvalue weighted by atomic mass is 32.1. The van der Waals surface area contributed by atoms with Gasteiger partial charge in [0.25, 0.3) is 0 Å². The molecule has 2 heterocycles. The van der Waals surface area contributed by atoms with Gasteiger partial charge in [0, 0.05) is 48.1 Å². The lowest BCUT2D eigenvalue weighted by Gasteiger charge is -2.13. The number of thiophene rings is 1. The second-order valence-electron chi connectivity index (χ2n) is 10.1. The van der Waals surface area contributed by atoms with Gasteiger partial charge in [-0.3, -0.25) is 0 Å². The van der Waals surface area contributed by atoms with E-state index in [1.165, 1.54) is 70.3 Å². The zero-order valence-electron chi connectivity index (χ0n) is 21.8. The van der Waals surface area contributed by atoms with Crippen LogP contribution in [-0.2, 0) is 0 Å². The average Bonchev–Trinajstić information content (AvgIpc) is 3.58. The molecule has 0 aliphatic heterocycles. The fourth-order valence-electron chi connectivity index (χ4n) is 6.10. The van der Waals surface area contributed by atoms with E-state index in [1.54, 1.807) is 0 Å². The fourth-order valence-corrected chi connectivity index (χ4v) is 7.42. The van der Waals surface area contributed by atoms with Gasteiger partial charge in [-0.25, -0.2) is 0 Å². The van der Waals surface area contributed by atoms with Crippen LogP contribution in [0.25, 0.3) is 70.3 Å². The maximum atomic E-state index is 2.41. The highest BCUT2D eigenvalue weighted by molar-refractivity contribution is 7.21. The number of fused-ring (bicyclic) bond motifs is 4. The molecule has 188 valence electrons. The van der Waals surface area contributed by atoms with Crippen LogP contribution >= 0.6 is 11.3 Å². The zero-order chi connectivity index (χ0) is 26.5. The van der Waals surface area contributed by atoms with E-state index in [1.807, 2.05) is 11.3 Å². The third-order valence-electron chi connectivity index (χ3n) is 7.82. The summed E-state index contributed by atoms with van der Waals surface area (Å²) in [6.07, 6.45) is 0. The fraction of sp³-hybridized carbons (Fsp3) is 0. The van der Waals surface area contributed by atoms with Gasteiger partial charge in [0.05, 0.1) is 11.0 Å². The predicted molar refractivity (Wildman–Crippen MR) is 172 cm³/mol. The van der Waals surface area contributed by atoms with Crippen molar-refractivity contribution in [1.29, 1.82) is 0 Å². The van der Waals surface area contributed by atoms with Gasteiger partial charge in [0.1, 0.15) is 0 Å². The van der Waals surface area contributed by atoms with Crippen molar-refractivity contribution in [2.24, 2.45) is 0 Å². The van der Waals surface area contributed by atoms with Gasteiger partial charge < -0.3 is 4.57 Å². The summed E-state index contributed by atoms with van der Waals surface area (Å²) in [7, 11) is 0. The summed E-state index contributed by atoms with van der Waals surface area (Å²) < 4.78 is 2.41. The summed E-state index contributed by atoms with van der Waals surface area (Å²) in [5.41, 5.74) is 8.68. The van der Waals surface area contributed by atoms with E-state index in [0.29, 0.717) is 0 Å². The number of hydrogen-bond acceptors (Lipinski definition) is 1. The van der Waals surface area contributed by atoms with Gasteiger partial charge in [-0.1, -0.05) is 127 Å². The molecule has 8 aromatic rings. The number of nitrogens with zero attached hydrogens (tertiary/aromatic N) is 1. The Morgan fingerprint density at radius 2 is 0.950 bits per heavy atom. The van der Waals surface area contributed by atoms with Gasteiger partial charge >= 0.3 is 0 Å². The van der Waals surface area contributed by atoms with E-state index in [0.717, 1.165) is 0 Å². The standard InChI is InChI=1S/C38H25NS/c1-4-14-26(15-5-1)35-32(38-30-21-11-10-20-29(30)37(40-38)27-16-6-2-7-17-27)24-25-34-36(35)31-22-12-13-23-33(31)39(34)28-18-8-3-9-19-28/h1-25H. The van der Waals surface area contributed by atoms with Gasteiger partial charge in [0.15, 0.2) is 0 Å². The number of aromatic nitrogens is 1. The van der Waals surface area contributed by atoms with Crippen molar-refractivity contribution in [2.75, 3.05) is 0 Å². The van der Waals surface area contributed by atoms with Crippen LogP contribution in [-0.4, -0.2) is 4.57 Å². The van der Waals surface area contributed by atoms with E-state index < -0.39 is 0 Å². The van der Waals surface area contributed by atoms with Crippen LogP contribution in [0.15, 0.2) is 152 Å². The number of para-hydroxylation sites is 2. The zero-order valence-corrected chi connectivity index (χ0v) is 22.6. The van der Waals surface area contributed by atoms with Crippen molar-refractivity contribution in [3.05, 3.63) is 152 Å². The quantitative estimate of drug-likeness (QED) is 0.214. The third-order valence-corrected chi connectivity index (χ3v) is 9.12. The molecule has 0 bridgehead atoms. The van der Waals surface area contributed by atoms with Crippen LogP contribution in [0, 0.1) is 0 Å². The van der Waals surface area contributed by atoms with Crippen molar-refractivity contribution in [3.63, 3.8) is 0 Å². The second-order valence-corrected chi connectivity index (χ2v) is 11.1. The Kier molecular flexibility index (Phi) is 5.39. The Bertz CT molecular complexity index is 2140. The minimum Gasteiger partial charge on any atom is -0.309 e. The Labute approximate surface area is 237 Å². The Morgan fingerprint density at radius 1 is 0.400 bits per heavy atom. The lowest BCUT2D eigenvalue weighted by Crippen LogP contribution is -1.93. The van der Waals surface area contributed by atoms with Crippen LogP contribution in [0.3, 0.4) is 0 Å². The van der Waals surface area contributed by atoms with Crippen molar-refractivity contribution in [3.8, 4) is 37.7 Å². The number of benzene rings is 6. The molecule has 8 rings (SSSR count). The lowest BCUT2D eigenvalue weighted by molar-refractivity contribution is 1.18. The molecule has 0 saturated carbocycles. The predicted octanol–water partition coefficient (Wildman–Crippen LogP) is 11.0. The van der Waals surface area contributed by atoms with Gasteiger partial charge in [-0.05, 0) is 35.4 Å². The molecule has 0 fully saturated rings. The summed E-state index contributed by atoms with van der Waals surface area (Å²) in [5.74, 6) is 0. The van der Waals surface area contributed by atoms with Crippen molar-refractivity contribution in [2.45, 2.75) is 0 Å². The van der Waals surface area contributed by atoms with E-state index in [9.17, 15) is 0 Å². The van der Waals surface area contributed by atoms with Gasteiger partial charge in [-0.2, -0.15) is 0 Å². The smallest absolute Gasteiger partial charge is 0.0547 e. The summed E-state index contributed by atoms with van der Waals surface area (Å²) >= 11 is 1.90. The Morgan fingerprint density at radius 3 is 1.65 bits per heavy atom. The first-order valence-corrected chi connectivity index (χ1v) is 14.4. The molecule has 0 spiro atoms. The first kappa shape index (κ1) is 23.0. The molecule has 40 heavy (non-hydrogen) atoms. The van der Waals surface area contributed by atoms with Crippen molar-refractivity contribution in [1.82, 2.24) is 4.57 Å². The first-order chi connectivity index (χ1) is 19.9. The molecule has 0 amide bonds. The number of hydrogen-bond donors (Lipinski definition) is 0. The van der Waals surface area contributed by atoms with E-state index in [4.69, 9.17) is 0 Å². The third kappa shape index (κ3) is 3.54. The summed E-state index contributed by atoms with van der Waals surface area (Å²) in [4.78, 5) is 2.63. The summed E-state index contributed by atoms with van der Waals surface area (Å²) in [5, 5.41) is 5.17. The molecule has 0 unspecified atom stereocenters. The van der Waals surface area contributed by atoms with Crippen LogP contribution in [0.4, 0.5) is 0 Å². The molecule has 0 atom stereocenters. The van der Waals surface area contributed by atoms with Crippen LogP contribution in [0.1, 0.15) is 0 Å². The Balaban J connectivity index is 1.52. The van der Waals surface area contributed by atoms with E-state index in [-0.39, 0.29) is 0 Å². The Hall–Kier alpha value is -4.92. The summed E-state index contributed by atoms with van der Waals surface area (Å²) in [6, 6.07) is 54.7. The first-order valence-electron chi connectivity index (χ1n) is 13.6. The molecule has 1 nitrogen and oxygen atoms in total. The van der Waals surface area contributed by atoms with E-state index in [2.05, 4.69) is 156 Å². The maximum Gasteiger partial charge on any atom is 0.0547 e. The lowest BCUT2D eigenvalue weighted by atomic mass is 9.92. The molecular formula is C38H25NS. The van der Waals surface area contributed by atoms with Crippen LogP contribution < -0.4 is 0 Å². The molecule has 2 aromatic heterocycles. The highest BCUT2D eigenvalue weighted by Crippen LogP contribution is 2.50. The molecule has 0 aliphatic carbocycles. The SMILES string of the molecule is c1ccc(-c2sc(-c3ccc4c(c3-c3ccccc3)c3ccccc3n4-c3ccccc3)c3ccccc23)cc1. The van der Waals surface area contributed by atoms with Crippen molar-refractivity contribution < 1.29 is 0 Å². The average molecular weight is 528 g/mol. The maximum absolute atomic E-state index is 2.41. The van der Waals surface area contributed by atoms with Crippen LogP contribution in [0.2, 0.25) is 0 Å². The molecule has 0 radical (unpaired) electrons. The monoisotopic (exact) mass is 527 g/mol. The largest absolute Gasteiger partial charge is 0.309 e. The normalized spacial score (nSPS) is 11.5. The number of rotatable bonds is 4. The summed E-state index contributed by atoms with van der Waals surface area (Å²) in [6.45, 7) is 0. The molecule has 2 heteroatoms. The second kappa shape index (κ2) is 9.37. The molecular weight excluding hydrogens is 502 g/mol. The topological polar surface area (TPSA) is 4.93 Å².